The fourth-order valence-electron chi connectivity index (χ4n) is 2.66. The molecule has 0 aliphatic heterocycles. The van der Waals surface area contributed by atoms with Gasteiger partial charge < -0.3 is 14.4 Å². The van der Waals surface area contributed by atoms with Gasteiger partial charge in [-0.05, 0) is 42.0 Å². The molecule has 0 saturated heterocycles. The first-order valence-corrected chi connectivity index (χ1v) is 8.44. The quantitative estimate of drug-likeness (QED) is 0.503. The van der Waals surface area contributed by atoms with Gasteiger partial charge in [-0.25, -0.2) is 0 Å². The number of hydrogen-bond acceptors (Lipinski definition) is 3. The Kier molecular flexibility index (Phi) is 5.44. The van der Waals surface area contributed by atoms with E-state index in [0.717, 1.165) is 11.1 Å². The second-order valence-electron chi connectivity index (χ2n) is 5.76. The highest BCUT2D eigenvalue weighted by Crippen LogP contribution is 2.30. The van der Waals surface area contributed by atoms with Crippen molar-refractivity contribution in [2.24, 2.45) is 0 Å². The van der Waals surface area contributed by atoms with Crippen LogP contribution in [0.4, 0.5) is 0 Å². The summed E-state index contributed by atoms with van der Waals surface area (Å²) in [5, 5.41) is 10.8. The molecule has 0 aliphatic carbocycles. The van der Waals surface area contributed by atoms with Gasteiger partial charge in [0.2, 0.25) is 0 Å². The molecule has 0 saturated carbocycles. The van der Waals surface area contributed by atoms with E-state index < -0.39 is 0 Å². The number of aromatic hydroxyl groups is 1. The third-order valence-corrected chi connectivity index (χ3v) is 4.35. The van der Waals surface area contributed by atoms with Crippen molar-refractivity contribution in [3.63, 3.8) is 0 Å². The molecule has 1 heterocycles. The number of hydrogen-bond donors (Lipinski definition) is 1. The summed E-state index contributed by atoms with van der Waals surface area (Å²) >= 11 is 6.10. The van der Waals surface area contributed by atoms with E-state index in [1.165, 1.54) is 19.3 Å². The van der Waals surface area contributed by atoms with E-state index in [1.807, 2.05) is 47.3 Å². The zero-order valence-electron chi connectivity index (χ0n) is 14.2. The summed E-state index contributed by atoms with van der Waals surface area (Å²) < 4.78 is 7.30. The zero-order valence-corrected chi connectivity index (χ0v) is 15.0. The van der Waals surface area contributed by atoms with Crippen molar-refractivity contribution in [2.45, 2.75) is 6.54 Å². The number of ketones is 1. The number of aromatic nitrogens is 1. The maximum atomic E-state index is 12.6. The summed E-state index contributed by atoms with van der Waals surface area (Å²) in [5.74, 6) is 0.105. The van der Waals surface area contributed by atoms with Gasteiger partial charge in [0.05, 0.1) is 19.2 Å². The number of carbonyl (C=O) groups is 1. The van der Waals surface area contributed by atoms with Crippen LogP contribution in [0.15, 0.2) is 67.0 Å². The number of nitrogens with zero attached hydrogens (tertiary/aromatic N) is 1. The van der Waals surface area contributed by atoms with Crippen LogP contribution in [0.25, 0.3) is 6.08 Å². The van der Waals surface area contributed by atoms with Gasteiger partial charge in [0, 0.05) is 29.0 Å². The van der Waals surface area contributed by atoms with E-state index in [4.69, 9.17) is 16.3 Å². The molecule has 0 atom stereocenters. The van der Waals surface area contributed by atoms with Gasteiger partial charge in [0.25, 0.3) is 0 Å². The van der Waals surface area contributed by atoms with E-state index in [0.29, 0.717) is 17.3 Å². The molecule has 3 aromatic rings. The Hall–Kier alpha value is -2.98. The van der Waals surface area contributed by atoms with Gasteiger partial charge in [0.15, 0.2) is 5.78 Å². The number of rotatable bonds is 6. The number of methoxy groups -OCH3 is 1. The van der Waals surface area contributed by atoms with E-state index >= 15 is 0 Å². The Labute approximate surface area is 156 Å². The zero-order chi connectivity index (χ0) is 18.5. The molecular formula is C21H18ClNO3. The van der Waals surface area contributed by atoms with Gasteiger partial charge in [-0.15, -0.1) is 0 Å². The smallest absolute Gasteiger partial charge is 0.189 e. The van der Waals surface area contributed by atoms with Gasteiger partial charge in [-0.3, -0.25) is 4.79 Å². The molecule has 0 radical (unpaired) electrons. The fourth-order valence-corrected chi connectivity index (χ4v) is 2.86. The number of halogens is 1. The lowest BCUT2D eigenvalue weighted by Crippen LogP contribution is -2.03. The Balaban J connectivity index is 1.91. The molecule has 0 fully saturated rings. The van der Waals surface area contributed by atoms with Crippen LogP contribution in [0.5, 0.6) is 11.5 Å². The van der Waals surface area contributed by atoms with Crippen LogP contribution >= 0.6 is 11.6 Å². The van der Waals surface area contributed by atoms with E-state index in [2.05, 4.69) is 0 Å². The second kappa shape index (κ2) is 7.93. The lowest BCUT2D eigenvalue weighted by molar-refractivity contribution is 0.104. The Bertz CT molecular complexity index is 946. The summed E-state index contributed by atoms with van der Waals surface area (Å²) in [6.07, 6.45) is 6.89. The van der Waals surface area contributed by atoms with Crippen LogP contribution in [-0.2, 0) is 6.54 Å². The average molecular weight is 368 g/mol. The molecule has 2 aromatic carbocycles. The lowest BCUT2D eigenvalue weighted by Gasteiger charge is -2.12. The van der Waals surface area contributed by atoms with Crippen LogP contribution < -0.4 is 4.74 Å². The Morgan fingerprint density at radius 3 is 2.62 bits per heavy atom. The molecule has 0 unspecified atom stereocenters. The van der Waals surface area contributed by atoms with Crippen molar-refractivity contribution in [1.82, 2.24) is 4.57 Å². The minimum atomic E-state index is -0.307. The molecule has 0 bridgehead atoms. The SMILES string of the molecule is COc1cc(O)c(C(=O)/C=C/c2ccccc2Cl)cc1Cn1cccc1. The third kappa shape index (κ3) is 3.98. The molecule has 3 rings (SSSR count). The molecule has 132 valence electrons. The molecule has 5 heteroatoms. The standard InChI is InChI=1S/C21H18ClNO3/c1-26-21-13-20(25)17(12-16(21)14-23-10-4-5-11-23)19(24)9-8-15-6-2-3-7-18(15)22/h2-13,25H,14H2,1H3/b9-8+. The maximum absolute atomic E-state index is 12.6. The highest BCUT2D eigenvalue weighted by atomic mass is 35.5. The summed E-state index contributed by atoms with van der Waals surface area (Å²) in [5.41, 5.74) is 1.76. The summed E-state index contributed by atoms with van der Waals surface area (Å²) in [4.78, 5) is 12.6. The third-order valence-electron chi connectivity index (χ3n) is 4.00. The Morgan fingerprint density at radius 2 is 1.92 bits per heavy atom. The molecule has 1 N–H and O–H groups in total. The number of allylic oxidation sites excluding steroid dienone is 1. The van der Waals surface area contributed by atoms with Gasteiger partial charge in [-0.2, -0.15) is 0 Å². The number of benzene rings is 2. The van der Waals surface area contributed by atoms with Crippen LogP contribution in [0.3, 0.4) is 0 Å². The van der Waals surface area contributed by atoms with Gasteiger partial charge in [-0.1, -0.05) is 29.8 Å². The van der Waals surface area contributed by atoms with Gasteiger partial charge in [0.1, 0.15) is 11.5 Å². The Morgan fingerprint density at radius 1 is 1.19 bits per heavy atom. The van der Waals surface area contributed by atoms with Crippen LogP contribution in [-0.4, -0.2) is 22.6 Å². The molecule has 0 aliphatic rings. The molecule has 4 nitrogen and oxygen atoms in total. The van der Waals surface area contributed by atoms with Crippen molar-refractivity contribution < 1.29 is 14.6 Å². The highest BCUT2D eigenvalue weighted by Gasteiger charge is 2.14. The molecule has 1 aromatic heterocycles. The van der Waals surface area contributed by atoms with Crippen molar-refractivity contribution in [3.8, 4) is 11.5 Å². The first-order chi connectivity index (χ1) is 12.6. The molecule has 26 heavy (non-hydrogen) atoms. The predicted octanol–water partition coefficient (Wildman–Crippen LogP) is 4.80. The first kappa shape index (κ1) is 17.8. The van der Waals surface area contributed by atoms with Gasteiger partial charge >= 0.3 is 0 Å². The number of phenolic OH excluding ortho intramolecular Hbond substituents is 1. The maximum Gasteiger partial charge on any atom is 0.189 e. The van der Waals surface area contributed by atoms with Crippen molar-refractivity contribution >= 4 is 23.5 Å². The average Bonchev–Trinajstić information content (AvgIpc) is 3.15. The minimum absolute atomic E-state index is 0.119. The fraction of sp³-hybridized carbons (Fsp3) is 0.0952. The molecule has 0 amide bonds. The highest BCUT2D eigenvalue weighted by molar-refractivity contribution is 6.32. The normalized spacial score (nSPS) is 11.0. The summed E-state index contributed by atoms with van der Waals surface area (Å²) in [6.45, 7) is 0.533. The van der Waals surface area contributed by atoms with Crippen molar-refractivity contribution in [3.05, 3.63) is 88.7 Å². The minimum Gasteiger partial charge on any atom is -0.507 e. The summed E-state index contributed by atoms with van der Waals surface area (Å²) in [6, 6.07) is 14.2. The number of ether oxygens (including phenoxy) is 1. The summed E-state index contributed by atoms with van der Waals surface area (Å²) in [7, 11) is 1.53. The largest absolute Gasteiger partial charge is 0.507 e. The lowest BCUT2D eigenvalue weighted by atomic mass is 10.0. The monoisotopic (exact) mass is 367 g/mol. The number of carbonyl (C=O) groups excluding carboxylic acids is 1. The van der Waals surface area contributed by atoms with Crippen LogP contribution in [0.2, 0.25) is 5.02 Å². The van der Waals surface area contributed by atoms with Crippen molar-refractivity contribution in [1.29, 1.82) is 0 Å². The number of phenols is 1. The van der Waals surface area contributed by atoms with Crippen LogP contribution in [0.1, 0.15) is 21.5 Å². The molecular weight excluding hydrogens is 350 g/mol. The predicted molar refractivity (Wildman–Crippen MR) is 103 cm³/mol. The van der Waals surface area contributed by atoms with E-state index in [-0.39, 0.29) is 17.1 Å². The molecule has 0 spiro atoms. The second-order valence-corrected chi connectivity index (χ2v) is 6.16. The topological polar surface area (TPSA) is 51.5 Å². The van der Waals surface area contributed by atoms with E-state index in [9.17, 15) is 9.90 Å². The first-order valence-electron chi connectivity index (χ1n) is 8.06. The van der Waals surface area contributed by atoms with E-state index in [1.54, 1.807) is 18.2 Å². The van der Waals surface area contributed by atoms with Crippen molar-refractivity contribution in [2.75, 3.05) is 7.11 Å². The van der Waals surface area contributed by atoms with Crippen LogP contribution in [0, 0.1) is 0 Å².